The SMILES string of the molecule is N[C@@H](Cc1cc(I)c(O[13c]2[13cH][13cH][13c](OS(=O)(=O)O)[13c](I)[13cH]2)c(I)c1)C(=O)O. The molecule has 2 aromatic rings. The molecule has 8 nitrogen and oxygen atoms in total. The highest BCUT2D eigenvalue weighted by atomic mass is 127. The molecule has 0 saturated carbocycles. The fraction of sp³-hybridized carbons (Fsp3) is 0.133. The number of hydrogen-bond donors (Lipinski definition) is 3. The summed E-state index contributed by atoms with van der Waals surface area (Å²) in [5, 5.41) is 8.93. The lowest BCUT2D eigenvalue weighted by Crippen LogP contribution is -2.32. The standard InChI is InChI=1S/C15H12I3NO7S/c16-9-6-8(1-2-13(9)26-27(22,23)24)25-14-10(17)3-7(4-11(14)18)5-12(19)15(20)21/h1-4,6,12H,5,19H2,(H,20,21)(H,22,23,24)/t12-/m0/s1/i1+1,2+1,6+1,8+1,9+1,13+1. The third-order valence-corrected chi connectivity index (χ3v) is 5.99. The van der Waals surface area contributed by atoms with E-state index in [1.165, 1.54) is 12.1 Å². The second kappa shape index (κ2) is 9.38. The monoisotopic (exact) mass is 737 g/mol. The molecule has 4 N–H and O–H groups in total. The molecular formula is C15H12I3NO7S. The number of rotatable bonds is 7. The van der Waals surface area contributed by atoms with Gasteiger partial charge in [0, 0.05) is 0 Å². The summed E-state index contributed by atoms with van der Waals surface area (Å²) in [5.41, 5.74) is 6.35. The summed E-state index contributed by atoms with van der Waals surface area (Å²) >= 11 is 6.01. The van der Waals surface area contributed by atoms with Gasteiger partial charge in [0.1, 0.15) is 11.8 Å². The molecule has 0 aliphatic rings. The van der Waals surface area contributed by atoms with E-state index in [-0.39, 0.29) is 12.2 Å². The van der Waals surface area contributed by atoms with Crippen molar-refractivity contribution in [3.05, 3.63) is 46.6 Å². The molecule has 0 unspecified atom stereocenters. The lowest BCUT2D eigenvalue weighted by Gasteiger charge is -2.14. The van der Waals surface area contributed by atoms with Crippen molar-refractivity contribution in [3.8, 4) is 17.2 Å². The maximum atomic E-state index is 10.9. The summed E-state index contributed by atoms with van der Waals surface area (Å²) < 4.78 is 42.7. The smallest absolute Gasteiger partial charge is 0.446 e. The Bertz CT molecular complexity index is 958. The van der Waals surface area contributed by atoms with Crippen LogP contribution in [-0.2, 0) is 21.6 Å². The molecule has 0 aromatic heterocycles. The second-order valence-corrected chi connectivity index (χ2v) is 9.75. The number of carboxylic acids is 1. The molecule has 2 aromatic carbocycles. The van der Waals surface area contributed by atoms with Crippen LogP contribution in [0.25, 0.3) is 0 Å². The van der Waals surface area contributed by atoms with E-state index in [0.717, 1.165) is 12.7 Å². The summed E-state index contributed by atoms with van der Waals surface area (Å²) in [6, 6.07) is 7.03. The Labute approximate surface area is 196 Å². The van der Waals surface area contributed by atoms with Gasteiger partial charge < -0.3 is 19.8 Å². The highest BCUT2D eigenvalue weighted by Gasteiger charge is 2.17. The molecule has 0 heterocycles. The fourth-order valence-electron chi connectivity index (χ4n) is 2.01. The van der Waals surface area contributed by atoms with Gasteiger partial charge in [0.2, 0.25) is 0 Å². The zero-order valence-corrected chi connectivity index (χ0v) is 20.5. The largest absolute Gasteiger partial charge is 0.480 e. The lowest BCUT2D eigenvalue weighted by molar-refractivity contribution is -0.138. The Morgan fingerprint density at radius 3 is 2.19 bits per heavy atom. The second-order valence-electron chi connectivity index (χ2n) is 5.24. The first-order chi connectivity index (χ1) is 12.5. The van der Waals surface area contributed by atoms with Gasteiger partial charge in [-0.15, -0.1) is 0 Å². The van der Waals surface area contributed by atoms with E-state index in [2.05, 4.69) is 49.4 Å². The van der Waals surface area contributed by atoms with Crippen molar-refractivity contribution in [2.45, 2.75) is 12.5 Å². The molecule has 0 aliphatic carbocycles. The van der Waals surface area contributed by atoms with Gasteiger partial charge in [-0.2, -0.15) is 8.42 Å². The number of halogens is 3. The minimum absolute atomic E-state index is 0.0205. The number of aliphatic carboxylic acids is 1. The molecule has 27 heavy (non-hydrogen) atoms. The zero-order chi connectivity index (χ0) is 20.4. The van der Waals surface area contributed by atoms with Gasteiger partial charge in [-0.1, -0.05) is 0 Å². The molecule has 2 rings (SSSR count). The number of benzene rings is 2. The van der Waals surface area contributed by atoms with E-state index in [0.29, 0.717) is 15.1 Å². The van der Waals surface area contributed by atoms with Gasteiger partial charge in [0.05, 0.1) is 10.7 Å². The highest BCUT2D eigenvalue weighted by molar-refractivity contribution is 14.1. The van der Waals surface area contributed by atoms with Gasteiger partial charge in [0.15, 0.2) is 11.5 Å². The van der Waals surface area contributed by atoms with E-state index in [9.17, 15) is 13.2 Å². The Hall–Kier alpha value is -0.430. The quantitative estimate of drug-likeness (QED) is 0.291. The molecule has 0 saturated heterocycles. The lowest BCUT2D eigenvalue weighted by atomic mass is 10.1. The van der Waals surface area contributed by atoms with Crippen molar-refractivity contribution in [3.63, 3.8) is 0 Å². The molecule has 0 radical (unpaired) electrons. The molecule has 12 heteroatoms. The zero-order valence-electron chi connectivity index (χ0n) is 13.2. The van der Waals surface area contributed by atoms with E-state index < -0.39 is 22.4 Å². The van der Waals surface area contributed by atoms with E-state index >= 15 is 0 Å². The summed E-state index contributed by atoms with van der Waals surface area (Å²) in [6.45, 7) is 0. The van der Waals surface area contributed by atoms with Crippen molar-refractivity contribution < 1.29 is 31.8 Å². The Kier molecular flexibility index (Phi) is 7.94. The van der Waals surface area contributed by atoms with Crippen LogP contribution >= 0.6 is 67.8 Å². The van der Waals surface area contributed by atoms with Crippen LogP contribution in [0.4, 0.5) is 0 Å². The van der Waals surface area contributed by atoms with Gasteiger partial charge >= 0.3 is 16.4 Å². The Morgan fingerprint density at radius 1 is 1.11 bits per heavy atom. The Balaban J connectivity index is 2.25. The van der Waals surface area contributed by atoms with E-state index in [1.807, 2.05) is 22.6 Å². The minimum Gasteiger partial charge on any atom is -0.480 e. The van der Waals surface area contributed by atoms with Crippen LogP contribution in [0, 0.1) is 10.7 Å². The van der Waals surface area contributed by atoms with Crippen molar-refractivity contribution in [1.29, 1.82) is 0 Å². The molecule has 1 atom stereocenters. The number of ether oxygens (including phenoxy) is 1. The van der Waals surface area contributed by atoms with Crippen LogP contribution in [0.2, 0.25) is 0 Å². The van der Waals surface area contributed by atoms with Crippen molar-refractivity contribution >= 4 is 84.1 Å². The van der Waals surface area contributed by atoms with Gasteiger partial charge in [-0.05, 0) is 110 Å². The number of nitrogens with two attached hydrogens (primary N) is 1. The highest BCUT2D eigenvalue weighted by Crippen LogP contribution is 2.35. The third-order valence-electron chi connectivity index (χ3n) is 3.15. The normalized spacial score (nSPS) is 12.5. The molecule has 0 bridgehead atoms. The van der Waals surface area contributed by atoms with Crippen LogP contribution in [0.1, 0.15) is 5.56 Å². The Morgan fingerprint density at radius 2 is 1.70 bits per heavy atom. The minimum atomic E-state index is -4.61. The molecule has 146 valence electrons. The summed E-state index contributed by atoms with van der Waals surface area (Å²) in [6.07, 6.45) is 0.196. The van der Waals surface area contributed by atoms with Gasteiger partial charge in [-0.25, -0.2) is 0 Å². The first-order valence-electron chi connectivity index (χ1n) is 7.07. The number of carboxylic acid groups (broad SMARTS) is 1. The molecular weight excluding hydrogens is 725 g/mol. The van der Waals surface area contributed by atoms with Gasteiger partial charge in [0.25, 0.3) is 0 Å². The van der Waals surface area contributed by atoms with Crippen molar-refractivity contribution in [2.75, 3.05) is 0 Å². The summed E-state index contributed by atoms with van der Waals surface area (Å²) in [4.78, 5) is 10.9. The molecule has 0 fully saturated rings. The van der Waals surface area contributed by atoms with Crippen LogP contribution in [-0.4, -0.2) is 30.1 Å². The third kappa shape index (κ3) is 6.84. The molecule has 0 aliphatic heterocycles. The van der Waals surface area contributed by atoms with Crippen molar-refractivity contribution in [2.24, 2.45) is 5.73 Å². The number of hydrogen-bond acceptors (Lipinski definition) is 6. The fourth-order valence-corrected chi connectivity index (χ4v) is 5.25. The van der Waals surface area contributed by atoms with Crippen LogP contribution in [0.3, 0.4) is 0 Å². The maximum Gasteiger partial charge on any atom is 0.446 e. The first kappa shape index (κ1) is 22.9. The molecule has 0 spiro atoms. The van der Waals surface area contributed by atoms with Crippen LogP contribution in [0.5, 0.6) is 17.2 Å². The summed E-state index contributed by atoms with van der Waals surface area (Å²) in [5.74, 6) is -0.0778. The first-order valence-corrected chi connectivity index (χ1v) is 11.7. The van der Waals surface area contributed by atoms with Crippen molar-refractivity contribution in [1.82, 2.24) is 0 Å². The predicted octanol–water partition coefficient (Wildman–Crippen LogP) is 3.43. The molecule has 0 amide bonds. The van der Waals surface area contributed by atoms with Crippen LogP contribution < -0.4 is 14.7 Å². The summed E-state index contributed by atoms with van der Waals surface area (Å²) in [7, 11) is -4.61. The van der Waals surface area contributed by atoms with E-state index in [4.69, 9.17) is 20.1 Å². The average Bonchev–Trinajstić information content (AvgIpc) is 2.52. The van der Waals surface area contributed by atoms with Crippen LogP contribution in [0.15, 0.2) is 30.3 Å². The maximum absolute atomic E-state index is 10.9. The topological polar surface area (TPSA) is 136 Å². The predicted molar refractivity (Wildman–Crippen MR) is 123 cm³/mol. The average molecular weight is 737 g/mol. The number of carbonyl (C=O) groups is 1. The van der Waals surface area contributed by atoms with Gasteiger partial charge in [-0.3, -0.25) is 9.35 Å². The van der Waals surface area contributed by atoms with E-state index in [1.54, 1.807) is 18.2 Å².